The van der Waals surface area contributed by atoms with Gasteiger partial charge in [0, 0.05) is 10.2 Å². The third-order valence-electron chi connectivity index (χ3n) is 3.06. The van der Waals surface area contributed by atoms with Gasteiger partial charge in [0.2, 0.25) is 5.91 Å². The van der Waals surface area contributed by atoms with Crippen LogP contribution in [0, 0.1) is 5.41 Å². The molecule has 1 fully saturated rings. The van der Waals surface area contributed by atoms with Gasteiger partial charge in [0.15, 0.2) is 0 Å². The van der Waals surface area contributed by atoms with Gasteiger partial charge in [0.25, 0.3) is 0 Å². The first-order valence-corrected chi connectivity index (χ1v) is 6.03. The van der Waals surface area contributed by atoms with Crippen LogP contribution < -0.4 is 10.6 Å². The van der Waals surface area contributed by atoms with E-state index < -0.39 is 0 Å². The fourth-order valence-corrected chi connectivity index (χ4v) is 2.06. The zero-order valence-corrected chi connectivity index (χ0v) is 10.6. The summed E-state index contributed by atoms with van der Waals surface area (Å²) in [5.41, 5.74) is -0.114. The molecular weight excluding hydrogens is 244 g/mol. The Bertz CT molecular complexity index is 214. The van der Waals surface area contributed by atoms with Crippen molar-refractivity contribution in [3.63, 3.8) is 0 Å². The van der Waals surface area contributed by atoms with Gasteiger partial charge < -0.3 is 5.32 Å². The molecule has 1 aliphatic carbocycles. The van der Waals surface area contributed by atoms with E-state index in [1.807, 2.05) is 20.9 Å². The van der Waals surface area contributed by atoms with E-state index in [-0.39, 0.29) is 22.3 Å². The maximum Gasteiger partial charge on any atom is 0.227 e. The molecule has 0 aromatic carbocycles. The number of amides is 1. The predicted octanol–water partition coefficient (Wildman–Crippen LogP) is 1.62. The molecule has 14 heavy (non-hydrogen) atoms. The van der Waals surface area contributed by atoms with Gasteiger partial charge in [-0.05, 0) is 26.8 Å². The summed E-state index contributed by atoms with van der Waals surface area (Å²) in [6.45, 7) is 4.06. The van der Waals surface area contributed by atoms with Crippen LogP contribution in [-0.4, -0.2) is 23.9 Å². The number of carbonyl (C=O) groups excluding carboxylic acids is 1. The summed E-state index contributed by atoms with van der Waals surface area (Å²) in [6.07, 6.45) is 3.23. The lowest BCUT2D eigenvalue weighted by Gasteiger charge is -2.38. The largest absolute Gasteiger partial charge is 0.339 e. The Morgan fingerprint density at radius 1 is 1.50 bits per heavy atom. The van der Waals surface area contributed by atoms with E-state index in [9.17, 15) is 4.79 Å². The van der Waals surface area contributed by atoms with E-state index >= 15 is 0 Å². The number of alkyl halides is 1. The molecule has 1 amide bonds. The Balaban J connectivity index is 2.46. The average Bonchev–Trinajstić information content (AvgIpc) is 2.09. The fourth-order valence-electron chi connectivity index (χ4n) is 1.67. The number of halogens is 1. The summed E-state index contributed by atoms with van der Waals surface area (Å²) in [4.78, 5) is 12.1. The summed E-state index contributed by atoms with van der Waals surface area (Å²) in [5, 5.41) is 6.09. The van der Waals surface area contributed by atoms with Gasteiger partial charge in [-0.2, -0.15) is 0 Å². The Labute approximate surface area is 94.1 Å². The molecule has 0 saturated heterocycles. The highest BCUT2D eigenvalue weighted by Crippen LogP contribution is 2.40. The molecule has 4 heteroatoms. The Hall–Kier alpha value is -0.0900. The lowest BCUT2D eigenvalue weighted by atomic mass is 9.70. The van der Waals surface area contributed by atoms with Crippen LogP contribution in [0.2, 0.25) is 0 Å². The van der Waals surface area contributed by atoms with Crippen LogP contribution in [0.15, 0.2) is 0 Å². The van der Waals surface area contributed by atoms with Crippen molar-refractivity contribution in [2.75, 3.05) is 7.05 Å². The highest BCUT2D eigenvalue weighted by molar-refractivity contribution is 9.09. The number of hydrogen-bond acceptors (Lipinski definition) is 2. The molecule has 0 aliphatic heterocycles. The Kier molecular flexibility index (Phi) is 3.95. The van der Waals surface area contributed by atoms with Gasteiger partial charge in [-0.25, -0.2) is 0 Å². The lowest BCUT2D eigenvalue weighted by molar-refractivity contribution is -0.135. The molecule has 0 aromatic rings. The average molecular weight is 263 g/mol. The van der Waals surface area contributed by atoms with Crippen molar-refractivity contribution in [3.8, 4) is 0 Å². The monoisotopic (exact) mass is 262 g/mol. The van der Waals surface area contributed by atoms with E-state index in [0.29, 0.717) is 0 Å². The molecule has 2 N–H and O–H groups in total. The number of rotatable bonds is 4. The molecule has 3 nitrogen and oxygen atoms in total. The van der Waals surface area contributed by atoms with Crippen molar-refractivity contribution in [2.45, 2.75) is 44.1 Å². The number of carbonyl (C=O) groups is 1. The molecule has 0 bridgehead atoms. The van der Waals surface area contributed by atoms with Crippen molar-refractivity contribution >= 4 is 21.8 Å². The molecule has 1 rings (SSSR count). The van der Waals surface area contributed by atoms with Crippen molar-refractivity contribution in [2.24, 2.45) is 5.41 Å². The second kappa shape index (κ2) is 4.62. The van der Waals surface area contributed by atoms with Crippen molar-refractivity contribution in [1.82, 2.24) is 10.6 Å². The minimum absolute atomic E-state index is 0.0138. The Morgan fingerprint density at radius 2 is 2.07 bits per heavy atom. The summed E-state index contributed by atoms with van der Waals surface area (Å²) in [6, 6.07) is 0. The second-order valence-electron chi connectivity index (χ2n) is 4.33. The molecular formula is C10H19BrN2O. The van der Waals surface area contributed by atoms with Gasteiger partial charge in [-0.15, -0.1) is 0 Å². The quantitative estimate of drug-likeness (QED) is 0.598. The first-order valence-electron chi connectivity index (χ1n) is 5.12. The number of hydrogen-bond donors (Lipinski definition) is 2. The maximum atomic E-state index is 11.8. The van der Waals surface area contributed by atoms with Crippen LogP contribution in [0.4, 0.5) is 0 Å². The minimum atomic E-state index is -0.114. The molecule has 82 valence electrons. The van der Waals surface area contributed by atoms with Crippen molar-refractivity contribution in [3.05, 3.63) is 0 Å². The normalized spacial score (nSPS) is 23.4. The third kappa shape index (κ3) is 2.48. The summed E-state index contributed by atoms with van der Waals surface area (Å²) in [5.74, 6) is 0.175. The molecule has 1 unspecified atom stereocenters. The molecule has 1 saturated carbocycles. The van der Waals surface area contributed by atoms with Gasteiger partial charge >= 0.3 is 0 Å². The second-order valence-corrected chi connectivity index (χ2v) is 5.78. The van der Waals surface area contributed by atoms with E-state index in [4.69, 9.17) is 0 Å². The standard InChI is InChI=1S/C10H19BrN2O/c1-7(11)8(12-3)13-9(14)10(2)5-4-6-10/h7-8,12H,4-6H2,1-3H3,(H,13,14)/t7?,8-/m0/s1. The van der Waals surface area contributed by atoms with Crippen LogP contribution >= 0.6 is 15.9 Å². The van der Waals surface area contributed by atoms with Crippen LogP contribution in [0.25, 0.3) is 0 Å². The van der Waals surface area contributed by atoms with E-state index in [0.717, 1.165) is 12.8 Å². The van der Waals surface area contributed by atoms with Gasteiger partial charge in [0.05, 0.1) is 6.17 Å². The first-order chi connectivity index (χ1) is 6.49. The molecule has 0 heterocycles. The molecule has 0 aromatic heterocycles. The van der Waals surface area contributed by atoms with Crippen LogP contribution in [-0.2, 0) is 4.79 Å². The van der Waals surface area contributed by atoms with Crippen molar-refractivity contribution in [1.29, 1.82) is 0 Å². The fraction of sp³-hybridized carbons (Fsp3) is 0.900. The summed E-state index contributed by atoms with van der Waals surface area (Å²) < 4.78 is 0. The highest BCUT2D eigenvalue weighted by Gasteiger charge is 2.40. The van der Waals surface area contributed by atoms with Crippen molar-refractivity contribution < 1.29 is 4.79 Å². The van der Waals surface area contributed by atoms with Gasteiger partial charge in [0.1, 0.15) is 0 Å². The highest BCUT2D eigenvalue weighted by atomic mass is 79.9. The topological polar surface area (TPSA) is 41.1 Å². The van der Waals surface area contributed by atoms with E-state index in [2.05, 4.69) is 26.6 Å². The molecule has 1 aliphatic rings. The first kappa shape index (κ1) is 12.0. The van der Waals surface area contributed by atoms with Gasteiger partial charge in [-0.3, -0.25) is 10.1 Å². The van der Waals surface area contributed by atoms with Crippen LogP contribution in [0.1, 0.15) is 33.1 Å². The summed E-state index contributed by atoms with van der Waals surface area (Å²) in [7, 11) is 1.85. The number of nitrogens with one attached hydrogen (secondary N) is 2. The van der Waals surface area contributed by atoms with Gasteiger partial charge in [-0.1, -0.05) is 29.3 Å². The zero-order chi connectivity index (χ0) is 10.8. The smallest absolute Gasteiger partial charge is 0.227 e. The third-order valence-corrected chi connectivity index (χ3v) is 3.59. The van der Waals surface area contributed by atoms with E-state index in [1.165, 1.54) is 6.42 Å². The molecule has 0 spiro atoms. The zero-order valence-electron chi connectivity index (χ0n) is 9.06. The predicted molar refractivity (Wildman–Crippen MR) is 61.3 cm³/mol. The van der Waals surface area contributed by atoms with E-state index in [1.54, 1.807) is 0 Å². The Morgan fingerprint density at radius 3 is 2.36 bits per heavy atom. The maximum absolute atomic E-state index is 11.8. The summed E-state index contributed by atoms with van der Waals surface area (Å²) >= 11 is 3.46. The minimum Gasteiger partial charge on any atom is -0.339 e. The van der Waals surface area contributed by atoms with Crippen LogP contribution in [0.5, 0.6) is 0 Å². The SMILES string of the molecule is CN[C@@H](NC(=O)C1(C)CCC1)C(C)Br. The lowest BCUT2D eigenvalue weighted by Crippen LogP contribution is -2.54. The molecule has 2 atom stereocenters. The molecule has 0 radical (unpaired) electrons. The van der Waals surface area contributed by atoms with Crippen LogP contribution in [0.3, 0.4) is 0 Å².